The van der Waals surface area contributed by atoms with Crippen molar-refractivity contribution in [1.29, 1.82) is 0 Å². The predicted octanol–water partition coefficient (Wildman–Crippen LogP) is 13.1. The van der Waals surface area contributed by atoms with Crippen LogP contribution < -0.4 is 61.0 Å². The van der Waals surface area contributed by atoms with E-state index in [1.165, 1.54) is 67.0 Å². The van der Waals surface area contributed by atoms with E-state index in [-0.39, 0.29) is 188 Å². The molecule has 0 spiro atoms. The number of methoxy groups -OCH3 is 6. The van der Waals surface area contributed by atoms with Crippen molar-refractivity contribution in [3.05, 3.63) is 179 Å². The number of fused-ring (bicyclic) bond motifs is 3. The first-order valence-corrected chi connectivity index (χ1v) is 49.8. The number of carbonyl (C=O) groups excluding carboxylic acids is 6. The van der Waals surface area contributed by atoms with Crippen LogP contribution in [0.1, 0.15) is 58.3 Å². The highest BCUT2D eigenvalue weighted by Crippen LogP contribution is 2.49. The van der Waals surface area contributed by atoms with Gasteiger partial charge in [-0.3, -0.25) is 66.7 Å². The van der Waals surface area contributed by atoms with E-state index in [2.05, 4.69) is 78.9 Å². The molecule has 772 valence electrons. The number of allylic oxidation sites excluding steroid dienone is 3. The highest BCUT2D eigenvalue weighted by atomic mass is 35.5. The van der Waals surface area contributed by atoms with E-state index >= 15 is 0 Å². The number of likely N-dealkylation sites (tertiary alicyclic amines) is 1. The molecule has 0 saturated carbocycles. The topological polar surface area (TPSA) is 384 Å². The maximum Gasteiger partial charge on any atom is 0.298 e. The minimum absolute atomic E-state index is 0.00827. The van der Waals surface area contributed by atoms with Crippen molar-refractivity contribution in [2.45, 2.75) is 102 Å². The number of piperazine rings is 2. The number of nitrogens with zero attached hydrogens (tertiary/aromatic N) is 15. The molecule has 9 aromatic rings. The molecule has 3 N–H and O–H groups in total. The average Bonchev–Trinajstić information content (AvgIpc) is 0.757. The molecule has 145 heavy (non-hydrogen) atoms. The lowest BCUT2D eigenvalue weighted by molar-refractivity contribution is -0.128. The number of hydrogen-bond donors (Lipinski definition) is 3. The smallest absolute Gasteiger partial charge is 0.298 e. The highest BCUT2D eigenvalue weighted by Gasteiger charge is 2.37. The SMILES string of the molecule is C=CC(=O)CC1CCOCC1Nc1ncc2cc(-c3c(Cl)c(OC)cc(OC)c3Cl)c(=O)n(CC3CCN(C(=O)/C=C/CN(C)C)CC3)c2n1.C=CC(=O)CC1CCOCC1Nc1ncc2cc(-c3c(Cl)c(OC)cc(OC)c3Cl)c(=O)n(CC3CN(C(=O)C#CC)CCN3C)c2n1.C=CC(=O)CC1CCOCC1Nc1ncc2cc(-c3c(Cl)c(OC)cc(OC)c3Cl)c(=O)n(CCN3CCN(C(=O)C=C)CC3)c2n1. The molecular formula is C103H120Cl6N18O18. The van der Waals surface area contributed by atoms with Gasteiger partial charge in [-0.1, -0.05) is 108 Å². The summed E-state index contributed by atoms with van der Waals surface area (Å²) in [4.78, 5) is 157. The van der Waals surface area contributed by atoms with Gasteiger partial charge in [-0.25, -0.2) is 15.0 Å². The molecule has 6 aliphatic heterocycles. The summed E-state index contributed by atoms with van der Waals surface area (Å²) in [6.07, 6.45) is 18.2. The number of benzene rings is 3. The van der Waals surface area contributed by atoms with Crippen LogP contribution in [0.25, 0.3) is 66.5 Å². The molecule has 7 unspecified atom stereocenters. The molecule has 36 nitrogen and oxygen atoms in total. The quantitative estimate of drug-likeness (QED) is 0.0245. The molecule has 42 heteroatoms. The van der Waals surface area contributed by atoms with Gasteiger partial charge in [0.1, 0.15) is 51.4 Å². The Morgan fingerprint density at radius 1 is 0.462 bits per heavy atom. The van der Waals surface area contributed by atoms with Crippen LogP contribution in [0.15, 0.2) is 132 Å². The van der Waals surface area contributed by atoms with Crippen molar-refractivity contribution < 1.29 is 71.4 Å². The van der Waals surface area contributed by atoms with E-state index in [1.807, 2.05) is 37.0 Å². The van der Waals surface area contributed by atoms with E-state index in [0.717, 1.165) is 0 Å². The minimum Gasteiger partial charge on any atom is -0.495 e. The summed E-state index contributed by atoms with van der Waals surface area (Å²) < 4.78 is 54.8. The fourth-order valence-electron chi connectivity index (χ4n) is 18.6. The standard InChI is InChI=1S/C36H44Cl2N6O6.C34H38Cl2N6O6.C33H38Cl2N6O6/c1-6-25(45)16-23-11-15-50-21-27(23)40-36-39-19-24-17-26(31-32(37)28(48-4)18-29(49-5)33(31)38)35(47)44(34(24)41-36)20-22-9-13-43(14-10-22)30(46)8-7-12-42(2)3;1-6-8-28(44)41-11-10-40(3)22(17-41)18-42-32-21(14-24(33(42)45)29-30(35)26(46-4)15-27(47-5)31(29)36)16-37-34(39-32)38-25-19-48-12-9-20(25)13-23(43)7-2;1-5-22(42)15-20-7-14-47-19-24(20)37-33-36-18-21-16-23(28-29(34)25(45-3)17-26(46-4)30(28)35)32(44)41(31(21)38-33)13-10-39-8-11-40(12-9-39)27(43)6-2/h6-8,17-19,22-23,27H,1,9-16,20-21H2,2-5H3,(H,39,40,41);7,14-16,20,22,25H,2,9-13,17-19H2,1,3-5H3,(H,37,38,39);5-6,16-18,20,24H,1-2,7-15,19H2,3-4H3,(H,36,37,38)/b8-7+;;. The number of nitrogens with one attached hydrogen (secondary N) is 3. The summed E-state index contributed by atoms with van der Waals surface area (Å²) in [5.41, 5.74) is 1.58. The van der Waals surface area contributed by atoms with Crippen LogP contribution in [-0.4, -0.2) is 308 Å². The molecule has 6 aliphatic rings. The Morgan fingerprint density at radius 2 is 0.821 bits per heavy atom. The normalized spacial score (nSPS) is 18.9. The van der Waals surface area contributed by atoms with Crippen LogP contribution >= 0.6 is 69.6 Å². The summed E-state index contributed by atoms with van der Waals surface area (Å²) in [6, 6.07) is 8.79. The summed E-state index contributed by atoms with van der Waals surface area (Å²) >= 11 is 40.7. The molecule has 6 aromatic heterocycles. The zero-order valence-electron chi connectivity index (χ0n) is 82.7. The number of halogens is 6. The number of rotatable bonds is 35. The van der Waals surface area contributed by atoms with Gasteiger partial charge in [-0.2, -0.15) is 15.0 Å². The first kappa shape index (κ1) is 110. The van der Waals surface area contributed by atoms with Crippen molar-refractivity contribution in [3.8, 4) is 79.7 Å². The van der Waals surface area contributed by atoms with Gasteiger partial charge in [0, 0.05) is 212 Å². The predicted molar refractivity (Wildman–Crippen MR) is 562 cm³/mol. The fraction of sp³-hybridized carbons (Fsp3) is 0.447. The van der Waals surface area contributed by atoms with Crippen LogP contribution in [0.2, 0.25) is 30.1 Å². The zero-order chi connectivity index (χ0) is 104. The number of ketones is 3. The lowest BCUT2D eigenvalue weighted by Gasteiger charge is -2.39. The zero-order valence-corrected chi connectivity index (χ0v) is 87.3. The first-order valence-electron chi connectivity index (χ1n) is 47.5. The Labute approximate surface area is 870 Å². The van der Waals surface area contributed by atoms with Crippen LogP contribution in [-0.2, 0) is 62.6 Å². The largest absolute Gasteiger partial charge is 0.495 e. The van der Waals surface area contributed by atoms with Gasteiger partial charge >= 0.3 is 0 Å². The maximum absolute atomic E-state index is 14.6. The van der Waals surface area contributed by atoms with E-state index < -0.39 is 5.56 Å². The molecule has 0 aliphatic carbocycles. The molecule has 7 atom stereocenters. The van der Waals surface area contributed by atoms with Gasteiger partial charge in [-0.15, -0.1) is 0 Å². The molecule has 3 aromatic carbocycles. The number of hydrogen-bond acceptors (Lipinski definition) is 30. The second-order valence-electron chi connectivity index (χ2n) is 36.0. The van der Waals surface area contributed by atoms with Crippen molar-refractivity contribution in [2.75, 3.05) is 191 Å². The molecule has 15 rings (SSSR count). The van der Waals surface area contributed by atoms with E-state index in [4.69, 9.17) is 127 Å². The Morgan fingerprint density at radius 3 is 1.18 bits per heavy atom. The molecule has 12 heterocycles. The number of carbonyl (C=O) groups is 6. The summed E-state index contributed by atoms with van der Waals surface area (Å²) in [7, 11) is 14.7. The van der Waals surface area contributed by atoms with Gasteiger partial charge in [-0.05, 0) is 132 Å². The number of pyridine rings is 3. The van der Waals surface area contributed by atoms with E-state index in [0.29, 0.717) is 238 Å². The van der Waals surface area contributed by atoms with Gasteiger partial charge in [0.05, 0.1) is 127 Å². The monoisotopic (exact) mass is 2110 g/mol. The van der Waals surface area contributed by atoms with E-state index in [9.17, 15) is 43.2 Å². The Hall–Kier alpha value is -12.1. The summed E-state index contributed by atoms with van der Waals surface area (Å²) in [6.45, 7) is 25.8. The van der Waals surface area contributed by atoms with Crippen molar-refractivity contribution in [3.63, 3.8) is 0 Å². The Bertz CT molecular complexity index is 6570. The maximum atomic E-state index is 14.6. The Kier molecular flexibility index (Phi) is 39.0. The molecular weight excluding hydrogens is 1990 g/mol. The lowest BCUT2D eigenvalue weighted by Crippen LogP contribution is -2.55. The molecule has 6 fully saturated rings. The van der Waals surface area contributed by atoms with Crippen molar-refractivity contribution >= 4 is 156 Å². The molecule has 6 saturated heterocycles. The molecule has 0 radical (unpaired) electrons. The summed E-state index contributed by atoms with van der Waals surface area (Å²) in [5.74, 6) is 7.57. The molecule has 0 bridgehead atoms. The van der Waals surface area contributed by atoms with Gasteiger partial charge < -0.3 is 78.2 Å². The minimum atomic E-state index is -0.410. The number of likely N-dealkylation sites (N-methyl/N-ethyl adjacent to an activating group) is 2. The third kappa shape index (κ3) is 26.3. The Balaban J connectivity index is 0.000000182. The van der Waals surface area contributed by atoms with E-state index in [1.54, 1.807) is 91.5 Å². The van der Waals surface area contributed by atoms with Crippen LogP contribution in [0.3, 0.4) is 0 Å². The van der Waals surface area contributed by atoms with Crippen molar-refractivity contribution in [1.82, 2.24) is 73.0 Å². The highest BCUT2D eigenvalue weighted by molar-refractivity contribution is 6.43. The lowest BCUT2D eigenvalue weighted by atomic mass is 9.90. The van der Waals surface area contributed by atoms with Crippen LogP contribution in [0.5, 0.6) is 34.5 Å². The van der Waals surface area contributed by atoms with Crippen LogP contribution in [0.4, 0.5) is 17.8 Å². The fourth-order valence-corrected chi connectivity index (χ4v) is 20.7. The molecule has 3 amide bonds. The summed E-state index contributed by atoms with van der Waals surface area (Å²) in [5, 5.41) is 12.7. The number of ether oxygens (including phenoxy) is 9. The van der Waals surface area contributed by atoms with Crippen LogP contribution in [0, 0.1) is 35.5 Å². The number of amides is 3. The third-order valence-electron chi connectivity index (χ3n) is 26.8. The van der Waals surface area contributed by atoms with Gasteiger partial charge in [0.15, 0.2) is 17.3 Å². The first-order chi connectivity index (χ1) is 69.8. The van der Waals surface area contributed by atoms with Crippen molar-refractivity contribution in [2.24, 2.45) is 23.7 Å². The average molecular weight is 2110 g/mol. The van der Waals surface area contributed by atoms with Gasteiger partial charge in [0.2, 0.25) is 29.7 Å². The third-order valence-corrected chi connectivity index (χ3v) is 29.1. The number of anilines is 3. The number of aromatic nitrogens is 9. The van der Waals surface area contributed by atoms with Gasteiger partial charge in [0.25, 0.3) is 22.6 Å². The number of piperidine rings is 1. The second-order valence-corrected chi connectivity index (χ2v) is 38.3. The second kappa shape index (κ2) is 51.3.